The maximum absolute atomic E-state index is 12.9. The van der Waals surface area contributed by atoms with Gasteiger partial charge in [-0.25, -0.2) is 0 Å². The van der Waals surface area contributed by atoms with Gasteiger partial charge in [0, 0.05) is 24.0 Å². The molecule has 3 aliphatic rings. The molecule has 0 radical (unpaired) electrons. The van der Waals surface area contributed by atoms with E-state index in [-0.39, 0.29) is 34.8 Å². The maximum atomic E-state index is 12.9. The summed E-state index contributed by atoms with van der Waals surface area (Å²) in [6, 6.07) is 3.83. The van der Waals surface area contributed by atoms with Gasteiger partial charge in [-0.05, 0) is 31.4 Å². The summed E-state index contributed by atoms with van der Waals surface area (Å²) in [5, 5.41) is 2.95. The first-order valence-electron chi connectivity index (χ1n) is 8.71. The van der Waals surface area contributed by atoms with Crippen LogP contribution in [0.2, 0.25) is 0 Å². The van der Waals surface area contributed by atoms with Crippen molar-refractivity contribution in [2.45, 2.75) is 44.2 Å². The maximum Gasteiger partial charge on any atom is 0.573 e. The molecule has 1 saturated heterocycles. The van der Waals surface area contributed by atoms with E-state index in [1.807, 2.05) is 0 Å². The lowest BCUT2D eigenvalue weighted by molar-refractivity contribution is -0.274. The van der Waals surface area contributed by atoms with Gasteiger partial charge in [0.05, 0.1) is 13.2 Å². The smallest absolute Gasteiger partial charge is 0.496 e. The summed E-state index contributed by atoms with van der Waals surface area (Å²) in [5.74, 6) is -0.898. The van der Waals surface area contributed by atoms with Gasteiger partial charge in [-0.15, -0.1) is 13.2 Å². The third-order valence-electron chi connectivity index (χ3n) is 5.98. The first-order chi connectivity index (χ1) is 12.4. The van der Waals surface area contributed by atoms with Crippen molar-refractivity contribution in [1.29, 1.82) is 0 Å². The van der Waals surface area contributed by atoms with Crippen LogP contribution < -0.4 is 14.8 Å². The Morgan fingerprint density at radius 1 is 1.31 bits per heavy atom. The second-order valence-corrected chi connectivity index (χ2v) is 7.16. The largest absolute Gasteiger partial charge is 0.573 e. The predicted octanol–water partition coefficient (Wildman–Crippen LogP) is 3.28. The highest BCUT2D eigenvalue weighted by Gasteiger charge is 2.67. The number of methoxy groups -OCH3 is 1. The average Bonchev–Trinajstić information content (AvgIpc) is 2.94. The van der Waals surface area contributed by atoms with Crippen LogP contribution in [-0.4, -0.2) is 38.1 Å². The molecule has 1 amide bonds. The van der Waals surface area contributed by atoms with Gasteiger partial charge in [-0.2, -0.15) is 0 Å². The lowest BCUT2D eigenvalue weighted by atomic mass is 9.46. The third-order valence-corrected chi connectivity index (χ3v) is 5.98. The van der Waals surface area contributed by atoms with Crippen molar-refractivity contribution >= 4 is 5.91 Å². The molecule has 4 rings (SSSR count). The Balaban J connectivity index is 1.60. The first-order valence-corrected chi connectivity index (χ1v) is 8.71. The number of alkyl halides is 3. The topological polar surface area (TPSA) is 56.8 Å². The van der Waals surface area contributed by atoms with Crippen LogP contribution in [0.15, 0.2) is 18.2 Å². The molecule has 1 aromatic carbocycles. The van der Waals surface area contributed by atoms with E-state index in [4.69, 9.17) is 9.47 Å². The van der Waals surface area contributed by atoms with Gasteiger partial charge in [-0.1, -0.05) is 12.5 Å². The van der Waals surface area contributed by atoms with Gasteiger partial charge in [-0.3, -0.25) is 4.79 Å². The van der Waals surface area contributed by atoms with Crippen LogP contribution in [0.5, 0.6) is 11.5 Å². The zero-order valence-electron chi connectivity index (χ0n) is 14.3. The molecule has 1 spiro atoms. The van der Waals surface area contributed by atoms with Crippen molar-refractivity contribution < 1.29 is 32.2 Å². The molecule has 1 heterocycles. The number of carbonyl (C=O) groups excluding carboxylic acids is 1. The molecule has 2 saturated carbocycles. The number of benzene rings is 1. The molecule has 0 aromatic heterocycles. The molecule has 8 heteroatoms. The fraction of sp³-hybridized carbons (Fsp3) is 0.611. The number of nitrogens with one attached hydrogen (secondary N) is 1. The Bertz CT molecular complexity index is 717. The molecule has 1 N–H and O–H groups in total. The quantitative estimate of drug-likeness (QED) is 0.883. The second-order valence-electron chi connectivity index (χ2n) is 7.16. The highest BCUT2D eigenvalue weighted by molar-refractivity contribution is 6.00. The van der Waals surface area contributed by atoms with Gasteiger partial charge in [0.1, 0.15) is 17.1 Å². The molecule has 1 aromatic rings. The molecule has 3 fully saturated rings. The van der Waals surface area contributed by atoms with Gasteiger partial charge in [0.25, 0.3) is 5.91 Å². The Hall–Kier alpha value is -1.96. The average molecular weight is 371 g/mol. The molecular weight excluding hydrogens is 351 g/mol. The number of hydrogen-bond donors (Lipinski definition) is 1. The lowest BCUT2D eigenvalue weighted by Gasteiger charge is -2.63. The van der Waals surface area contributed by atoms with Gasteiger partial charge < -0.3 is 19.5 Å². The van der Waals surface area contributed by atoms with E-state index in [9.17, 15) is 18.0 Å². The number of hydrogen-bond acceptors (Lipinski definition) is 4. The number of amides is 1. The molecule has 5 nitrogen and oxygen atoms in total. The van der Waals surface area contributed by atoms with E-state index in [2.05, 4.69) is 10.1 Å². The number of fused-ring (bicyclic) bond motifs is 2. The molecule has 3 atom stereocenters. The lowest BCUT2D eigenvalue weighted by Crippen LogP contribution is -2.71. The zero-order valence-corrected chi connectivity index (χ0v) is 14.3. The van der Waals surface area contributed by atoms with E-state index in [1.54, 1.807) is 0 Å². The molecule has 0 bridgehead atoms. The number of ether oxygens (including phenoxy) is 3. The number of rotatable bonds is 4. The van der Waals surface area contributed by atoms with E-state index in [0.717, 1.165) is 31.7 Å². The fourth-order valence-corrected chi connectivity index (χ4v) is 4.78. The van der Waals surface area contributed by atoms with Gasteiger partial charge >= 0.3 is 6.36 Å². The minimum absolute atomic E-state index is 0.0467. The van der Waals surface area contributed by atoms with Crippen molar-refractivity contribution in [2.24, 2.45) is 11.3 Å². The monoisotopic (exact) mass is 371 g/mol. The minimum Gasteiger partial charge on any atom is -0.496 e. The van der Waals surface area contributed by atoms with Gasteiger partial charge in [0.2, 0.25) is 0 Å². The van der Waals surface area contributed by atoms with Crippen LogP contribution in [0.1, 0.15) is 36.0 Å². The summed E-state index contributed by atoms with van der Waals surface area (Å²) in [7, 11) is 1.31. The highest BCUT2D eigenvalue weighted by Crippen LogP contribution is 2.62. The highest BCUT2D eigenvalue weighted by atomic mass is 19.4. The second kappa shape index (κ2) is 6.04. The van der Waals surface area contributed by atoms with E-state index < -0.39 is 18.0 Å². The standard InChI is InChI=1S/C18H20F3NO4/c1-24-11-4-2-5-12(26-18(19,20)21)13(11)16(23)22-14-10-6-9-25-15(10)17(14)7-3-8-17/h2,4-5,10,14-15H,3,6-9H2,1H3,(H,22,23). The fourth-order valence-electron chi connectivity index (χ4n) is 4.78. The summed E-state index contributed by atoms with van der Waals surface area (Å²) in [6.07, 6.45) is -0.860. The van der Waals surface area contributed by atoms with Crippen molar-refractivity contribution in [2.75, 3.05) is 13.7 Å². The minimum atomic E-state index is -4.89. The van der Waals surface area contributed by atoms with Crippen LogP contribution in [0.4, 0.5) is 13.2 Å². The summed E-state index contributed by atoms with van der Waals surface area (Å²) >= 11 is 0. The van der Waals surface area contributed by atoms with Crippen molar-refractivity contribution in [3.05, 3.63) is 23.8 Å². The zero-order chi connectivity index (χ0) is 18.5. The molecule has 26 heavy (non-hydrogen) atoms. The van der Waals surface area contributed by atoms with E-state index in [1.165, 1.54) is 19.2 Å². The van der Waals surface area contributed by atoms with Crippen molar-refractivity contribution in [1.82, 2.24) is 5.32 Å². The van der Waals surface area contributed by atoms with Crippen molar-refractivity contribution in [3.63, 3.8) is 0 Å². The van der Waals surface area contributed by atoms with Crippen LogP contribution in [-0.2, 0) is 4.74 Å². The van der Waals surface area contributed by atoms with Crippen LogP contribution in [0, 0.1) is 11.3 Å². The van der Waals surface area contributed by atoms with Crippen LogP contribution >= 0.6 is 0 Å². The molecular formula is C18H20F3NO4. The summed E-state index contributed by atoms with van der Waals surface area (Å²) < 4.78 is 53.1. The summed E-state index contributed by atoms with van der Waals surface area (Å²) in [4.78, 5) is 12.9. The SMILES string of the molecule is COc1cccc(OC(F)(F)F)c1C(=O)NC1C2CCOC2C12CCC2. The molecule has 2 aliphatic carbocycles. The van der Waals surface area contributed by atoms with E-state index in [0.29, 0.717) is 6.61 Å². The Labute approximate surface area is 148 Å². The normalized spacial score (nSPS) is 28.7. The van der Waals surface area contributed by atoms with Gasteiger partial charge in [0.15, 0.2) is 0 Å². The van der Waals surface area contributed by atoms with E-state index >= 15 is 0 Å². The Morgan fingerprint density at radius 2 is 2.04 bits per heavy atom. The summed E-state index contributed by atoms with van der Waals surface area (Å²) in [6.45, 7) is 0.667. The number of halogens is 3. The van der Waals surface area contributed by atoms with Crippen LogP contribution in [0.25, 0.3) is 0 Å². The molecule has 3 unspecified atom stereocenters. The third kappa shape index (κ3) is 2.62. The predicted molar refractivity (Wildman–Crippen MR) is 85.1 cm³/mol. The number of carbonyl (C=O) groups is 1. The Kier molecular flexibility index (Phi) is 4.06. The molecule has 142 valence electrons. The summed E-state index contributed by atoms with van der Waals surface area (Å²) in [5.41, 5.74) is -0.298. The van der Waals surface area contributed by atoms with Crippen molar-refractivity contribution in [3.8, 4) is 11.5 Å². The molecule has 1 aliphatic heterocycles. The first kappa shape index (κ1) is 17.5. The van der Waals surface area contributed by atoms with Crippen LogP contribution in [0.3, 0.4) is 0 Å². The Morgan fingerprint density at radius 3 is 2.65 bits per heavy atom.